The zero-order chi connectivity index (χ0) is 20.1. The van der Waals surface area contributed by atoms with Crippen molar-refractivity contribution < 1.29 is 0 Å². The van der Waals surface area contributed by atoms with Gasteiger partial charge in [-0.3, -0.25) is 5.01 Å². The quantitative estimate of drug-likeness (QED) is 0.310. The third-order valence-corrected chi connectivity index (χ3v) is 4.51. The lowest BCUT2D eigenvalue weighted by molar-refractivity contribution is 0.324. The first kappa shape index (κ1) is 18.8. The van der Waals surface area contributed by atoms with Crippen LogP contribution < -0.4 is 5.32 Å². The Kier molecular flexibility index (Phi) is 5.63. The molecule has 0 aliphatic heterocycles. The predicted molar refractivity (Wildman–Crippen MR) is 117 cm³/mol. The molecule has 0 aliphatic carbocycles. The summed E-state index contributed by atoms with van der Waals surface area (Å²) in [5.41, 5.74) is 3.57. The molecule has 0 spiro atoms. The largest absolute Gasteiger partial charge is 0.340 e. The molecule has 1 aromatic heterocycles. The highest BCUT2D eigenvalue weighted by Gasteiger charge is 2.06. The Morgan fingerprint density at radius 3 is 2.66 bits per heavy atom. The Balaban J connectivity index is 1.56. The van der Waals surface area contributed by atoms with Crippen molar-refractivity contribution in [2.24, 2.45) is 10.3 Å². The van der Waals surface area contributed by atoms with Gasteiger partial charge in [-0.25, -0.2) is 9.97 Å². The molecule has 6 nitrogen and oxygen atoms in total. The average molecular weight is 403 g/mol. The van der Waals surface area contributed by atoms with Crippen LogP contribution in [0, 0.1) is 0 Å². The number of hydrogen-bond acceptors (Lipinski definition) is 5. The minimum absolute atomic E-state index is 0.657. The standard InChI is InChI=1S/C22H19ClN6/c1-29(14-16-6-3-2-4-7-16)28-27-19-10-11-21-20(13-19)22(25-15-24-21)26-18-9-5-8-17(23)12-18/h2-13,15H,14H2,1H3,(H,24,25,26). The van der Waals surface area contributed by atoms with Crippen molar-refractivity contribution >= 4 is 39.7 Å². The summed E-state index contributed by atoms with van der Waals surface area (Å²) in [6, 6.07) is 23.4. The van der Waals surface area contributed by atoms with E-state index in [1.54, 1.807) is 5.01 Å². The van der Waals surface area contributed by atoms with Gasteiger partial charge in [0.2, 0.25) is 0 Å². The molecule has 0 atom stereocenters. The van der Waals surface area contributed by atoms with Crippen molar-refractivity contribution in [3.63, 3.8) is 0 Å². The molecular weight excluding hydrogens is 384 g/mol. The van der Waals surface area contributed by atoms with Crippen molar-refractivity contribution in [2.75, 3.05) is 12.4 Å². The van der Waals surface area contributed by atoms with Crippen LogP contribution in [0.2, 0.25) is 5.02 Å². The van der Waals surface area contributed by atoms with E-state index in [-0.39, 0.29) is 0 Å². The number of halogens is 1. The summed E-state index contributed by atoms with van der Waals surface area (Å²) in [6.07, 6.45) is 1.53. The van der Waals surface area contributed by atoms with Gasteiger partial charge in [0.15, 0.2) is 0 Å². The summed E-state index contributed by atoms with van der Waals surface area (Å²) < 4.78 is 0. The van der Waals surface area contributed by atoms with Crippen LogP contribution in [0.4, 0.5) is 17.2 Å². The molecule has 0 saturated carbocycles. The van der Waals surface area contributed by atoms with Crippen molar-refractivity contribution in [2.45, 2.75) is 6.54 Å². The topological polar surface area (TPSA) is 65.8 Å². The minimum Gasteiger partial charge on any atom is -0.340 e. The van der Waals surface area contributed by atoms with Gasteiger partial charge in [-0.05, 0) is 42.0 Å². The number of rotatable bonds is 6. The van der Waals surface area contributed by atoms with Gasteiger partial charge in [-0.2, -0.15) is 0 Å². The van der Waals surface area contributed by atoms with Crippen molar-refractivity contribution in [3.05, 3.63) is 89.7 Å². The third-order valence-electron chi connectivity index (χ3n) is 4.27. The molecule has 4 rings (SSSR count). The van der Waals surface area contributed by atoms with E-state index in [4.69, 9.17) is 11.6 Å². The van der Waals surface area contributed by atoms with Gasteiger partial charge < -0.3 is 5.32 Å². The number of aromatic nitrogens is 2. The molecule has 0 bridgehead atoms. The van der Waals surface area contributed by atoms with Gasteiger partial charge in [0.25, 0.3) is 0 Å². The molecule has 144 valence electrons. The van der Waals surface area contributed by atoms with E-state index in [9.17, 15) is 0 Å². The summed E-state index contributed by atoms with van der Waals surface area (Å²) in [6.45, 7) is 0.683. The fraction of sp³-hybridized carbons (Fsp3) is 0.0909. The summed E-state index contributed by atoms with van der Waals surface area (Å²) in [7, 11) is 1.90. The zero-order valence-electron chi connectivity index (χ0n) is 15.8. The lowest BCUT2D eigenvalue weighted by Gasteiger charge is -2.11. The number of nitrogens with zero attached hydrogens (tertiary/aromatic N) is 5. The second-order valence-corrected chi connectivity index (χ2v) is 6.99. The van der Waals surface area contributed by atoms with Crippen LogP contribution >= 0.6 is 11.6 Å². The Hall–Kier alpha value is -3.51. The van der Waals surface area contributed by atoms with Gasteiger partial charge in [0.1, 0.15) is 12.1 Å². The van der Waals surface area contributed by atoms with Crippen LogP contribution in [0.1, 0.15) is 5.56 Å². The van der Waals surface area contributed by atoms with E-state index in [1.165, 1.54) is 11.9 Å². The molecule has 4 aromatic rings. The Labute approximate surface area is 173 Å². The fourth-order valence-electron chi connectivity index (χ4n) is 2.92. The van der Waals surface area contributed by atoms with E-state index in [0.29, 0.717) is 17.4 Å². The average Bonchev–Trinajstić information content (AvgIpc) is 2.73. The Bertz CT molecular complexity index is 1150. The van der Waals surface area contributed by atoms with E-state index in [0.717, 1.165) is 22.3 Å². The summed E-state index contributed by atoms with van der Waals surface area (Å²) in [5.74, 6) is 0.687. The lowest BCUT2D eigenvalue weighted by Crippen LogP contribution is -2.09. The maximum absolute atomic E-state index is 6.08. The number of anilines is 2. The normalized spacial score (nSPS) is 11.1. The Morgan fingerprint density at radius 2 is 1.83 bits per heavy atom. The van der Waals surface area contributed by atoms with E-state index >= 15 is 0 Å². The predicted octanol–water partition coefficient (Wildman–Crippen LogP) is 6.16. The second-order valence-electron chi connectivity index (χ2n) is 6.55. The fourth-order valence-corrected chi connectivity index (χ4v) is 3.11. The molecule has 1 heterocycles. The Morgan fingerprint density at radius 1 is 0.966 bits per heavy atom. The van der Waals surface area contributed by atoms with Crippen LogP contribution in [0.25, 0.3) is 10.9 Å². The molecule has 29 heavy (non-hydrogen) atoms. The number of fused-ring (bicyclic) bond motifs is 1. The molecule has 0 radical (unpaired) electrons. The highest BCUT2D eigenvalue weighted by Crippen LogP contribution is 2.28. The van der Waals surface area contributed by atoms with Gasteiger partial charge in [0.05, 0.1) is 17.7 Å². The first-order chi connectivity index (χ1) is 14.2. The highest BCUT2D eigenvalue weighted by molar-refractivity contribution is 6.30. The molecule has 0 unspecified atom stereocenters. The van der Waals surface area contributed by atoms with Crippen LogP contribution in [0.3, 0.4) is 0 Å². The van der Waals surface area contributed by atoms with Gasteiger partial charge >= 0.3 is 0 Å². The first-order valence-corrected chi connectivity index (χ1v) is 9.49. The minimum atomic E-state index is 0.657. The second kappa shape index (κ2) is 8.67. The van der Waals surface area contributed by atoms with Crippen LogP contribution in [0.5, 0.6) is 0 Å². The molecular formula is C22H19ClN6. The van der Waals surface area contributed by atoms with Gasteiger partial charge in [-0.1, -0.05) is 53.2 Å². The molecule has 1 N–H and O–H groups in total. The van der Waals surface area contributed by atoms with E-state index < -0.39 is 0 Å². The zero-order valence-corrected chi connectivity index (χ0v) is 16.6. The van der Waals surface area contributed by atoms with Crippen molar-refractivity contribution in [3.8, 4) is 0 Å². The number of hydrogen-bond donors (Lipinski definition) is 1. The van der Waals surface area contributed by atoms with Gasteiger partial charge in [0, 0.05) is 23.1 Å². The van der Waals surface area contributed by atoms with Crippen LogP contribution in [0.15, 0.2) is 89.5 Å². The monoisotopic (exact) mass is 402 g/mol. The summed E-state index contributed by atoms with van der Waals surface area (Å²) in [4.78, 5) is 8.71. The van der Waals surface area contributed by atoms with E-state index in [1.807, 2.05) is 67.7 Å². The molecule has 0 fully saturated rings. The maximum Gasteiger partial charge on any atom is 0.141 e. The van der Waals surface area contributed by atoms with Crippen molar-refractivity contribution in [1.29, 1.82) is 0 Å². The highest BCUT2D eigenvalue weighted by atomic mass is 35.5. The lowest BCUT2D eigenvalue weighted by atomic mass is 10.2. The molecule has 7 heteroatoms. The van der Waals surface area contributed by atoms with Crippen molar-refractivity contribution in [1.82, 2.24) is 15.0 Å². The molecule has 3 aromatic carbocycles. The van der Waals surface area contributed by atoms with Crippen LogP contribution in [-0.4, -0.2) is 22.0 Å². The maximum atomic E-state index is 6.08. The summed E-state index contributed by atoms with van der Waals surface area (Å²) in [5, 5.41) is 15.3. The number of nitrogens with one attached hydrogen (secondary N) is 1. The van der Waals surface area contributed by atoms with Gasteiger partial charge in [-0.15, -0.1) is 5.11 Å². The first-order valence-electron chi connectivity index (χ1n) is 9.11. The smallest absolute Gasteiger partial charge is 0.141 e. The number of benzene rings is 3. The molecule has 0 saturated heterocycles. The van der Waals surface area contributed by atoms with Crippen LogP contribution in [-0.2, 0) is 6.54 Å². The van der Waals surface area contributed by atoms with E-state index in [2.05, 4.69) is 37.8 Å². The molecule has 0 aliphatic rings. The third kappa shape index (κ3) is 4.86. The summed E-state index contributed by atoms with van der Waals surface area (Å²) >= 11 is 6.08. The molecule has 0 amide bonds. The SMILES string of the molecule is CN(Cc1ccccc1)N=Nc1ccc2ncnc(Nc3cccc(Cl)c3)c2c1.